The van der Waals surface area contributed by atoms with E-state index in [9.17, 15) is 23.9 Å². The normalized spacial score (nSPS) is 13.8. The van der Waals surface area contributed by atoms with Gasteiger partial charge in [0.2, 0.25) is 17.3 Å². The zero-order valence-corrected chi connectivity index (χ0v) is 17.8. The Balaban J connectivity index is 1.48. The van der Waals surface area contributed by atoms with Gasteiger partial charge in [0.05, 0.1) is 11.3 Å². The van der Waals surface area contributed by atoms with Gasteiger partial charge >= 0.3 is 5.97 Å². The van der Waals surface area contributed by atoms with E-state index in [1.165, 1.54) is 33.1 Å². The number of hydrogen-bond acceptors (Lipinski definition) is 9. The molecule has 0 atom stereocenters. The Labute approximate surface area is 188 Å². The molecule has 1 aliphatic heterocycles. The van der Waals surface area contributed by atoms with Crippen LogP contribution in [0.5, 0.6) is 0 Å². The van der Waals surface area contributed by atoms with Gasteiger partial charge in [0.1, 0.15) is 11.9 Å². The average molecular weight is 470 g/mol. The number of fused-ring (bicyclic) bond motifs is 1. The Kier molecular flexibility index (Phi) is 4.85. The summed E-state index contributed by atoms with van der Waals surface area (Å²) in [6, 6.07) is 0.976. The number of aryl methyl sites for hydroxylation is 1. The number of amides is 1. The SMILES string of the molecule is Cn1ncnc1NC(=O)C1CN(c2nc3c(cc2F)c(=O)c(C(=O)O)cn3-c2nccs2)C1. The lowest BCUT2D eigenvalue weighted by Gasteiger charge is -2.39. The molecule has 4 aromatic rings. The third-order valence-electron chi connectivity index (χ3n) is 5.27. The van der Waals surface area contributed by atoms with Crippen LogP contribution in [0.4, 0.5) is 16.2 Å². The molecule has 1 fully saturated rings. The molecule has 1 aliphatic rings. The summed E-state index contributed by atoms with van der Waals surface area (Å²) in [4.78, 5) is 50.6. The minimum absolute atomic E-state index is 0.0435. The van der Waals surface area contributed by atoms with Crippen molar-refractivity contribution in [2.75, 3.05) is 23.3 Å². The van der Waals surface area contributed by atoms with Crippen molar-refractivity contribution in [2.24, 2.45) is 13.0 Å². The number of nitrogens with zero attached hydrogens (tertiary/aromatic N) is 7. The van der Waals surface area contributed by atoms with Crippen LogP contribution in [-0.4, -0.2) is 59.4 Å². The molecule has 12 nitrogen and oxygen atoms in total. The number of anilines is 2. The van der Waals surface area contributed by atoms with Crippen LogP contribution in [0.25, 0.3) is 16.2 Å². The number of rotatable bonds is 5. The van der Waals surface area contributed by atoms with Crippen molar-refractivity contribution in [1.29, 1.82) is 0 Å². The van der Waals surface area contributed by atoms with Crippen LogP contribution in [0.15, 0.2) is 35.0 Å². The van der Waals surface area contributed by atoms with Crippen molar-refractivity contribution < 1.29 is 19.1 Å². The molecule has 0 aliphatic carbocycles. The van der Waals surface area contributed by atoms with Gasteiger partial charge in [-0.3, -0.25) is 19.5 Å². The van der Waals surface area contributed by atoms with Crippen molar-refractivity contribution in [3.63, 3.8) is 0 Å². The molecule has 0 spiro atoms. The van der Waals surface area contributed by atoms with Crippen LogP contribution in [0.3, 0.4) is 0 Å². The summed E-state index contributed by atoms with van der Waals surface area (Å²) in [5.74, 6) is -2.67. The summed E-state index contributed by atoms with van der Waals surface area (Å²) in [6.45, 7) is 0.404. The molecule has 0 saturated carbocycles. The number of carbonyl (C=O) groups excluding carboxylic acids is 1. The van der Waals surface area contributed by atoms with Crippen LogP contribution in [0, 0.1) is 11.7 Å². The van der Waals surface area contributed by atoms with Gasteiger partial charge in [-0.1, -0.05) is 0 Å². The molecule has 1 saturated heterocycles. The van der Waals surface area contributed by atoms with Gasteiger partial charge in [0.25, 0.3) is 0 Å². The number of carboxylic acids is 1. The highest BCUT2D eigenvalue weighted by Crippen LogP contribution is 2.29. The van der Waals surface area contributed by atoms with Gasteiger partial charge in [-0.05, 0) is 6.07 Å². The van der Waals surface area contributed by atoms with E-state index >= 15 is 0 Å². The Morgan fingerprint density at radius 2 is 2.09 bits per heavy atom. The predicted octanol–water partition coefficient (Wildman–Crippen LogP) is 0.883. The topological polar surface area (TPSA) is 148 Å². The Hall–Kier alpha value is -4.20. The number of nitrogens with one attached hydrogen (secondary N) is 1. The molecular weight excluding hydrogens is 455 g/mol. The van der Waals surface area contributed by atoms with Gasteiger partial charge in [-0.15, -0.1) is 11.3 Å². The first-order chi connectivity index (χ1) is 15.8. The maximum absolute atomic E-state index is 14.9. The van der Waals surface area contributed by atoms with E-state index in [0.29, 0.717) is 11.1 Å². The average Bonchev–Trinajstić information content (AvgIpc) is 3.40. The number of thiazole rings is 1. The second-order valence-corrected chi connectivity index (χ2v) is 8.20. The van der Waals surface area contributed by atoms with E-state index in [2.05, 4.69) is 25.4 Å². The molecule has 5 rings (SSSR count). The third kappa shape index (κ3) is 3.49. The lowest BCUT2D eigenvalue weighted by atomic mass is 9.99. The van der Waals surface area contributed by atoms with Crippen LogP contribution >= 0.6 is 11.3 Å². The van der Waals surface area contributed by atoms with Crippen molar-refractivity contribution in [3.05, 3.63) is 51.8 Å². The summed E-state index contributed by atoms with van der Waals surface area (Å²) < 4.78 is 17.7. The Morgan fingerprint density at radius 3 is 2.73 bits per heavy atom. The summed E-state index contributed by atoms with van der Waals surface area (Å²) in [7, 11) is 1.64. The third-order valence-corrected chi connectivity index (χ3v) is 6.04. The summed E-state index contributed by atoms with van der Waals surface area (Å²) >= 11 is 1.21. The first kappa shape index (κ1) is 20.7. The van der Waals surface area contributed by atoms with Crippen molar-refractivity contribution in [2.45, 2.75) is 0 Å². The molecular formula is C19H15FN8O4S. The number of carboxylic acid groups (broad SMARTS) is 1. The highest BCUT2D eigenvalue weighted by molar-refractivity contribution is 7.12. The highest BCUT2D eigenvalue weighted by atomic mass is 32.1. The molecule has 4 aromatic heterocycles. The van der Waals surface area contributed by atoms with E-state index in [4.69, 9.17) is 0 Å². The molecule has 5 heterocycles. The molecule has 1 amide bonds. The van der Waals surface area contributed by atoms with E-state index in [1.54, 1.807) is 17.3 Å². The quantitative estimate of drug-likeness (QED) is 0.434. The number of pyridine rings is 2. The number of aromatic carboxylic acids is 1. The molecule has 2 N–H and O–H groups in total. The summed E-state index contributed by atoms with van der Waals surface area (Å²) in [5.41, 5.74) is -1.28. The smallest absolute Gasteiger partial charge is 0.341 e. The second kappa shape index (κ2) is 7.74. The predicted molar refractivity (Wildman–Crippen MR) is 115 cm³/mol. The minimum atomic E-state index is -1.43. The largest absolute Gasteiger partial charge is 0.477 e. The summed E-state index contributed by atoms with van der Waals surface area (Å²) in [6.07, 6.45) is 3.97. The lowest BCUT2D eigenvalue weighted by molar-refractivity contribution is -0.120. The fraction of sp³-hybridized carbons (Fsp3) is 0.211. The molecule has 168 valence electrons. The number of halogens is 1. The molecule has 0 radical (unpaired) electrons. The van der Waals surface area contributed by atoms with Crippen LogP contribution in [-0.2, 0) is 11.8 Å². The fourth-order valence-electron chi connectivity index (χ4n) is 3.51. The minimum Gasteiger partial charge on any atom is -0.477 e. The fourth-order valence-corrected chi connectivity index (χ4v) is 4.13. The van der Waals surface area contributed by atoms with Crippen molar-refractivity contribution in [3.8, 4) is 5.13 Å². The zero-order valence-electron chi connectivity index (χ0n) is 17.0. The van der Waals surface area contributed by atoms with Gasteiger partial charge < -0.3 is 10.0 Å². The van der Waals surface area contributed by atoms with Gasteiger partial charge in [-0.2, -0.15) is 10.1 Å². The van der Waals surface area contributed by atoms with Gasteiger partial charge in [-0.25, -0.2) is 23.8 Å². The molecule has 0 aromatic carbocycles. The van der Waals surface area contributed by atoms with Crippen molar-refractivity contribution >= 4 is 46.0 Å². The molecule has 0 bridgehead atoms. The Bertz CT molecular complexity index is 1460. The van der Waals surface area contributed by atoms with Crippen LogP contribution in [0.2, 0.25) is 0 Å². The maximum Gasteiger partial charge on any atom is 0.341 e. The van der Waals surface area contributed by atoms with Crippen LogP contribution in [0.1, 0.15) is 10.4 Å². The first-order valence-corrected chi connectivity index (χ1v) is 10.5. The van der Waals surface area contributed by atoms with E-state index in [1.807, 2.05) is 0 Å². The molecule has 14 heteroatoms. The lowest BCUT2D eigenvalue weighted by Crippen LogP contribution is -2.53. The van der Waals surface area contributed by atoms with Crippen LogP contribution < -0.4 is 15.6 Å². The summed E-state index contributed by atoms with van der Waals surface area (Å²) in [5, 5.41) is 17.8. The maximum atomic E-state index is 14.9. The van der Waals surface area contributed by atoms with Crippen molar-refractivity contribution in [1.82, 2.24) is 29.3 Å². The van der Waals surface area contributed by atoms with Gasteiger partial charge in [0.15, 0.2) is 22.4 Å². The van der Waals surface area contributed by atoms with Gasteiger partial charge in [0, 0.05) is 37.9 Å². The first-order valence-electron chi connectivity index (χ1n) is 9.62. The number of carbonyl (C=O) groups is 2. The second-order valence-electron chi connectivity index (χ2n) is 7.33. The Morgan fingerprint density at radius 1 is 1.30 bits per heavy atom. The standard InChI is InChI=1S/C19H15FN8O4S/c1-26-18(22-8-23-26)25-16(30)9-5-27(6-9)15-12(20)4-10-13(29)11(17(31)32)7-28(14(10)24-15)19-21-2-3-33-19/h2-4,7-9H,5-6H2,1H3,(H,31,32)(H,22,23,25,30). The number of aromatic nitrogens is 6. The van der Waals surface area contributed by atoms with E-state index < -0.39 is 28.7 Å². The molecule has 0 unspecified atom stereocenters. The van der Waals surface area contributed by atoms with E-state index in [-0.39, 0.29) is 35.8 Å². The zero-order chi connectivity index (χ0) is 23.3. The number of hydrogen-bond donors (Lipinski definition) is 2. The highest BCUT2D eigenvalue weighted by Gasteiger charge is 2.36. The molecule has 33 heavy (non-hydrogen) atoms. The monoisotopic (exact) mass is 470 g/mol. The van der Waals surface area contributed by atoms with E-state index in [0.717, 1.165) is 12.3 Å².